The molecule has 0 aromatic rings. The van der Waals surface area contributed by atoms with Crippen LogP contribution in [-0.4, -0.2) is 96.7 Å². The second-order valence-corrected chi connectivity index (χ2v) is 28.5. The molecule has 0 saturated heterocycles. The molecular weight excluding hydrogens is 1310 g/mol. The molecule has 0 fully saturated rings. The number of aliphatic hydroxyl groups excluding tert-OH is 1. The van der Waals surface area contributed by atoms with E-state index in [0.717, 1.165) is 154 Å². The zero-order valence-corrected chi connectivity index (χ0v) is 64.4. The Bertz CT molecular complexity index is 2370. The van der Waals surface area contributed by atoms with E-state index in [4.69, 9.17) is 37.0 Å². The van der Waals surface area contributed by atoms with Gasteiger partial charge in [-0.25, -0.2) is 9.13 Å². The van der Waals surface area contributed by atoms with Gasteiger partial charge in [0.15, 0.2) is 12.2 Å². The molecule has 0 heterocycles. The summed E-state index contributed by atoms with van der Waals surface area (Å²) in [5.41, 5.74) is 0. The van der Waals surface area contributed by atoms with Crippen molar-refractivity contribution >= 4 is 39.5 Å². The summed E-state index contributed by atoms with van der Waals surface area (Å²) in [6.45, 7) is 4.59. The zero-order chi connectivity index (χ0) is 73.2. The van der Waals surface area contributed by atoms with E-state index >= 15 is 0 Å². The zero-order valence-electron chi connectivity index (χ0n) is 62.6. The molecule has 0 radical (unpaired) electrons. The maximum Gasteiger partial charge on any atom is 0.472 e. The average molecular weight is 1450 g/mol. The largest absolute Gasteiger partial charge is 0.472 e. The lowest BCUT2D eigenvalue weighted by molar-refractivity contribution is -0.161. The summed E-state index contributed by atoms with van der Waals surface area (Å²) >= 11 is 0. The predicted octanol–water partition coefficient (Wildman–Crippen LogP) is 22.3. The third-order valence-electron chi connectivity index (χ3n) is 15.9. The van der Waals surface area contributed by atoms with Gasteiger partial charge in [0.2, 0.25) is 0 Å². The highest BCUT2D eigenvalue weighted by atomic mass is 31.2. The summed E-state index contributed by atoms with van der Waals surface area (Å²) in [5.74, 6) is -2.30. The maximum atomic E-state index is 13.1. The van der Waals surface area contributed by atoms with Crippen molar-refractivity contribution in [2.24, 2.45) is 0 Å². The fraction of sp³-hybridized carbons (Fsp3) is 0.704. The molecule has 0 rings (SSSR count). The number of hydrogen-bond donors (Lipinski definition) is 3. The predicted molar refractivity (Wildman–Crippen MR) is 408 cm³/mol. The maximum absolute atomic E-state index is 13.1. The van der Waals surface area contributed by atoms with Gasteiger partial charge in [0.25, 0.3) is 0 Å². The highest BCUT2D eigenvalue weighted by Gasteiger charge is 2.30. The molecule has 0 bridgehead atoms. The first-order chi connectivity index (χ1) is 48.7. The number of phosphoric acid groups is 2. The lowest BCUT2D eigenvalue weighted by Crippen LogP contribution is -2.30. The van der Waals surface area contributed by atoms with E-state index in [2.05, 4.69) is 131 Å². The Balaban J connectivity index is 5.42. The van der Waals surface area contributed by atoms with Crippen molar-refractivity contribution < 1.29 is 80.2 Å². The lowest BCUT2D eigenvalue weighted by atomic mass is 10.1. The Labute approximate surface area is 606 Å². The standard InChI is InChI=1S/C81H138O17P2/c1-5-9-13-17-21-25-29-33-35-36-37-38-40-44-46-50-54-58-62-66-79(84)92-72-77(98-81(86)68-64-60-56-52-48-42-32-28-24-20-16-12-8-4)74-96-100(89,90)94-70-75(82)69-93-99(87,88)95-73-76(97-80(85)67-63-59-55-51-47-41-31-27-23-19-15-11-7-3)71-91-78(83)65-61-57-53-49-45-43-39-34-30-26-22-18-14-10-6-2/h9,13,21-22,25-28,31-35,37-39,44,46,54,58,75-77,82H,5-8,10-12,14-20,23-24,29-30,36,40-43,45,47-53,55-57,59-74H2,1-4H3,(H,87,88)(H,89,90)/b13-9-,25-21-,26-22-,31-27-,32-28-,35-33-,38-37-,39-34-,46-44-,58-54-. The Morgan fingerprint density at radius 3 is 0.890 bits per heavy atom. The van der Waals surface area contributed by atoms with Crippen LogP contribution in [0.1, 0.15) is 310 Å². The van der Waals surface area contributed by atoms with Gasteiger partial charge in [-0.2, -0.15) is 0 Å². The fourth-order valence-electron chi connectivity index (χ4n) is 9.97. The van der Waals surface area contributed by atoms with Gasteiger partial charge in [0.1, 0.15) is 19.3 Å². The number of rotatable bonds is 72. The number of allylic oxidation sites excluding steroid dienone is 20. The van der Waals surface area contributed by atoms with Crippen molar-refractivity contribution in [3.63, 3.8) is 0 Å². The normalized spacial score (nSPS) is 14.6. The number of esters is 4. The van der Waals surface area contributed by atoms with Crippen LogP contribution in [0.2, 0.25) is 0 Å². The quantitative estimate of drug-likeness (QED) is 0.0169. The Kier molecular flexibility index (Phi) is 69.5. The minimum absolute atomic E-state index is 0.0326. The molecule has 100 heavy (non-hydrogen) atoms. The first-order valence-electron chi connectivity index (χ1n) is 38.8. The minimum Gasteiger partial charge on any atom is -0.462 e. The number of aliphatic hydroxyl groups is 1. The molecule has 0 aliphatic carbocycles. The molecule has 19 heteroatoms. The highest BCUT2D eigenvalue weighted by Crippen LogP contribution is 2.45. The molecule has 5 atom stereocenters. The van der Waals surface area contributed by atoms with Crippen molar-refractivity contribution in [1.82, 2.24) is 0 Å². The smallest absolute Gasteiger partial charge is 0.462 e. The molecule has 0 aliphatic heterocycles. The van der Waals surface area contributed by atoms with Crippen LogP contribution in [-0.2, 0) is 65.4 Å². The molecule has 0 amide bonds. The molecular formula is C81H138O17P2. The van der Waals surface area contributed by atoms with E-state index in [0.29, 0.717) is 32.1 Å². The van der Waals surface area contributed by atoms with E-state index < -0.39 is 97.5 Å². The summed E-state index contributed by atoms with van der Waals surface area (Å²) in [4.78, 5) is 72.8. The van der Waals surface area contributed by atoms with Crippen LogP contribution in [0, 0.1) is 0 Å². The van der Waals surface area contributed by atoms with E-state index in [1.165, 1.54) is 70.6 Å². The molecule has 3 N–H and O–H groups in total. The van der Waals surface area contributed by atoms with Crippen LogP contribution < -0.4 is 0 Å². The van der Waals surface area contributed by atoms with Gasteiger partial charge < -0.3 is 33.8 Å². The van der Waals surface area contributed by atoms with Crippen LogP contribution in [0.5, 0.6) is 0 Å². The summed E-state index contributed by atoms with van der Waals surface area (Å²) in [7, 11) is -9.98. The number of hydrogen-bond acceptors (Lipinski definition) is 15. The molecule has 574 valence electrons. The number of ether oxygens (including phenoxy) is 4. The second kappa shape index (κ2) is 72.8. The van der Waals surface area contributed by atoms with Gasteiger partial charge >= 0.3 is 39.5 Å². The van der Waals surface area contributed by atoms with Crippen molar-refractivity contribution in [3.8, 4) is 0 Å². The van der Waals surface area contributed by atoms with Crippen LogP contribution >= 0.6 is 15.6 Å². The van der Waals surface area contributed by atoms with Gasteiger partial charge in [-0.1, -0.05) is 258 Å². The third-order valence-corrected chi connectivity index (χ3v) is 17.8. The molecule has 17 nitrogen and oxygen atoms in total. The van der Waals surface area contributed by atoms with E-state index in [9.17, 15) is 43.2 Å². The van der Waals surface area contributed by atoms with Crippen molar-refractivity contribution in [2.75, 3.05) is 39.6 Å². The molecule has 0 saturated carbocycles. The van der Waals surface area contributed by atoms with Crippen LogP contribution in [0.3, 0.4) is 0 Å². The molecule has 5 unspecified atom stereocenters. The molecule has 0 aromatic heterocycles. The lowest BCUT2D eigenvalue weighted by Gasteiger charge is -2.21. The van der Waals surface area contributed by atoms with Gasteiger partial charge in [-0.05, 0) is 148 Å². The monoisotopic (exact) mass is 1440 g/mol. The second-order valence-electron chi connectivity index (χ2n) is 25.6. The van der Waals surface area contributed by atoms with Crippen LogP contribution in [0.15, 0.2) is 122 Å². The Morgan fingerprint density at radius 1 is 0.290 bits per heavy atom. The van der Waals surface area contributed by atoms with Crippen molar-refractivity contribution in [3.05, 3.63) is 122 Å². The van der Waals surface area contributed by atoms with E-state index in [1.54, 1.807) is 0 Å². The minimum atomic E-state index is -4.99. The third kappa shape index (κ3) is 71.8. The van der Waals surface area contributed by atoms with E-state index in [1.807, 2.05) is 18.2 Å². The fourth-order valence-corrected chi connectivity index (χ4v) is 11.5. The summed E-state index contributed by atoms with van der Waals surface area (Å²) in [6, 6.07) is 0. The van der Waals surface area contributed by atoms with Crippen molar-refractivity contribution in [2.45, 2.75) is 329 Å². The first kappa shape index (κ1) is 95.5. The Morgan fingerprint density at radius 2 is 0.540 bits per heavy atom. The molecule has 0 aromatic carbocycles. The molecule has 0 aliphatic rings. The highest BCUT2D eigenvalue weighted by molar-refractivity contribution is 7.47. The Hall–Kier alpha value is -4.54. The van der Waals surface area contributed by atoms with Crippen molar-refractivity contribution in [1.29, 1.82) is 0 Å². The van der Waals surface area contributed by atoms with Gasteiger partial charge in [-0.15, -0.1) is 0 Å². The van der Waals surface area contributed by atoms with Crippen LogP contribution in [0.25, 0.3) is 0 Å². The summed E-state index contributed by atoms with van der Waals surface area (Å²) in [5, 5.41) is 10.6. The average Bonchev–Trinajstić information content (AvgIpc) is 0.935. The summed E-state index contributed by atoms with van der Waals surface area (Å²) < 4.78 is 68.4. The first-order valence-corrected chi connectivity index (χ1v) is 41.8. The number of carbonyl (C=O) groups excluding carboxylic acids is 4. The molecule has 0 spiro atoms. The van der Waals surface area contributed by atoms with E-state index in [-0.39, 0.29) is 25.7 Å². The SMILES string of the molecule is CC/C=C\C/C=C\C/C=C\C/C=C\C/C=C\C/C=C\CCC(=O)OCC(COP(=O)(O)OCC(O)COP(=O)(O)OCC(COC(=O)CCCCCCC/C=C\C/C=C\CCCCC)OC(=O)CCCCCCC/C=C\CCCCCC)OC(=O)CCCCCCC/C=C\CCCCCC. The van der Waals surface area contributed by atoms with Crippen LogP contribution in [0.4, 0.5) is 0 Å². The van der Waals surface area contributed by atoms with Gasteiger partial charge in [-0.3, -0.25) is 37.3 Å². The number of unbranched alkanes of at least 4 members (excludes halogenated alkanes) is 26. The summed E-state index contributed by atoms with van der Waals surface area (Å²) in [6.07, 6.45) is 79.1. The number of phosphoric ester groups is 2. The number of carbonyl (C=O) groups is 4. The topological polar surface area (TPSA) is 237 Å². The van der Waals surface area contributed by atoms with Gasteiger partial charge in [0.05, 0.1) is 26.4 Å². The van der Waals surface area contributed by atoms with Gasteiger partial charge in [0, 0.05) is 25.7 Å².